The van der Waals surface area contributed by atoms with E-state index in [9.17, 15) is 5.11 Å². The Morgan fingerprint density at radius 3 is 3.00 bits per heavy atom. The summed E-state index contributed by atoms with van der Waals surface area (Å²) in [5.74, 6) is 0. The Hall–Kier alpha value is 0.230. The fourth-order valence-electron chi connectivity index (χ4n) is 1.98. The average Bonchev–Trinajstić information content (AvgIpc) is 2.62. The molecule has 84 valence electrons. The van der Waals surface area contributed by atoms with Crippen LogP contribution in [0.4, 0.5) is 0 Å². The van der Waals surface area contributed by atoms with Gasteiger partial charge in [0, 0.05) is 24.9 Å². The summed E-state index contributed by atoms with van der Waals surface area (Å²) in [5.41, 5.74) is 0. The van der Waals surface area contributed by atoms with Gasteiger partial charge < -0.3 is 15.2 Å². The second kappa shape index (κ2) is 6.67. The summed E-state index contributed by atoms with van der Waals surface area (Å²) in [4.78, 5) is 0. The number of rotatable bonds is 6. The zero-order chi connectivity index (χ0) is 10.4. The molecule has 1 rings (SSSR count). The van der Waals surface area contributed by atoms with Crippen molar-refractivity contribution in [2.45, 2.75) is 36.7 Å². The summed E-state index contributed by atoms with van der Waals surface area (Å²) in [6.07, 6.45) is 5.65. The van der Waals surface area contributed by atoms with Gasteiger partial charge in [0.05, 0.1) is 12.7 Å². The lowest BCUT2D eigenvalue weighted by atomic mass is 10.2. The maximum absolute atomic E-state index is 9.47. The van der Waals surface area contributed by atoms with E-state index in [1.807, 2.05) is 11.8 Å². The van der Waals surface area contributed by atoms with Gasteiger partial charge in [0.2, 0.25) is 0 Å². The Bertz CT molecular complexity index is 157. The fraction of sp³-hybridized carbons (Fsp3) is 1.00. The molecular weight excluding hydrogens is 198 g/mol. The van der Waals surface area contributed by atoms with E-state index in [4.69, 9.17) is 4.74 Å². The summed E-state index contributed by atoms with van der Waals surface area (Å²) in [6, 6.07) is 0.580. The van der Waals surface area contributed by atoms with Gasteiger partial charge in [-0.3, -0.25) is 0 Å². The molecule has 0 aromatic carbocycles. The molecule has 2 N–H and O–H groups in total. The van der Waals surface area contributed by atoms with Crippen molar-refractivity contribution < 1.29 is 9.84 Å². The van der Waals surface area contributed by atoms with Crippen molar-refractivity contribution in [3.05, 3.63) is 0 Å². The summed E-state index contributed by atoms with van der Waals surface area (Å²) < 4.78 is 4.88. The molecule has 0 radical (unpaired) electrons. The third-order valence-corrected chi connectivity index (χ3v) is 3.90. The van der Waals surface area contributed by atoms with Crippen molar-refractivity contribution in [1.29, 1.82) is 0 Å². The Balaban J connectivity index is 2.16. The van der Waals surface area contributed by atoms with Crippen LogP contribution in [0.3, 0.4) is 0 Å². The highest BCUT2D eigenvalue weighted by Crippen LogP contribution is 2.28. The summed E-state index contributed by atoms with van der Waals surface area (Å²) >= 11 is 1.93. The van der Waals surface area contributed by atoms with Crippen LogP contribution in [0.2, 0.25) is 0 Å². The molecule has 3 nitrogen and oxygen atoms in total. The zero-order valence-corrected chi connectivity index (χ0v) is 9.85. The van der Waals surface area contributed by atoms with Gasteiger partial charge >= 0.3 is 0 Å². The smallest absolute Gasteiger partial charge is 0.0897 e. The molecule has 4 heteroatoms. The molecule has 3 atom stereocenters. The molecule has 1 aliphatic rings. The fourth-order valence-corrected chi connectivity index (χ4v) is 2.94. The molecule has 0 aliphatic heterocycles. The Kier molecular flexibility index (Phi) is 5.86. The first-order valence-corrected chi connectivity index (χ1v) is 6.50. The van der Waals surface area contributed by atoms with Gasteiger partial charge in [-0.1, -0.05) is 6.42 Å². The van der Waals surface area contributed by atoms with E-state index in [0.717, 1.165) is 5.25 Å². The maximum atomic E-state index is 9.47. The lowest BCUT2D eigenvalue weighted by Gasteiger charge is -2.20. The third kappa shape index (κ3) is 3.77. The highest BCUT2D eigenvalue weighted by atomic mass is 32.2. The molecule has 1 aliphatic carbocycles. The SMILES string of the molecule is COCC(O)CNC1CCCC1SC. The molecular formula is C10H21NO2S. The largest absolute Gasteiger partial charge is 0.389 e. The molecule has 1 fully saturated rings. The third-order valence-electron chi connectivity index (χ3n) is 2.73. The van der Waals surface area contributed by atoms with Crippen molar-refractivity contribution >= 4 is 11.8 Å². The first-order valence-electron chi connectivity index (χ1n) is 5.21. The van der Waals surface area contributed by atoms with Crippen LogP contribution in [0, 0.1) is 0 Å². The van der Waals surface area contributed by atoms with Crippen LogP contribution in [0.1, 0.15) is 19.3 Å². The number of ether oxygens (including phenoxy) is 1. The minimum Gasteiger partial charge on any atom is -0.389 e. The van der Waals surface area contributed by atoms with E-state index >= 15 is 0 Å². The second-order valence-electron chi connectivity index (χ2n) is 3.83. The van der Waals surface area contributed by atoms with Gasteiger partial charge in [0.15, 0.2) is 0 Å². The number of hydrogen-bond donors (Lipinski definition) is 2. The Labute approximate surface area is 90.6 Å². The quantitative estimate of drug-likeness (QED) is 0.695. The lowest BCUT2D eigenvalue weighted by molar-refractivity contribution is 0.0629. The van der Waals surface area contributed by atoms with Crippen LogP contribution >= 0.6 is 11.8 Å². The van der Waals surface area contributed by atoms with Gasteiger partial charge in [-0.05, 0) is 19.1 Å². The van der Waals surface area contributed by atoms with Crippen molar-refractivity contribution in [3.63, 3.8) is 0 Å². The van der Waals surface area contributed by atoms with Crippen LogP contribution in [0.25, 0.3) is 0 Å². The normalized spacial score (nSPS) is 29.4. The molecule has 1 saturated carbocycles. The highest BCUT2D eigenvalue weighted by molar-refractivity contribution is 7.99. The average molecular weight is 219 g/mol. The molecule has 0 bridgehead atoms. The van der Waals surface area contributed by atoms with Gasteiger partial charge in [0.1, 0.15) is 0 Å². The monoisotopic (exact) mass is 219 g/mol. The van der Waals surface area contributed by atoms with Crippen LogP contribution in [0.5, 0.6) is 0 Å². The van der Waals surface area contributed by atoms with E-state index in [0.29, 0.717) is 19.2 Å². The van der Waals surface area contributed by atoms with Crippen molar-refractivity contribution in [2.75, 3.05) is 26.5 Å². The number of aliphatic hydroxyl groups excluding tert-OH is 1. The van der Waals surface area contributed by atoms with Crippen LogP contribution in [-0.4, -0.2) is 49.0 Å². The molecule has 0 spiro atoms. The molecule has 0 aromatic heterocycles. The van der Waals surface area contributed by atoms with E-state index in [-0.39, 0.29) is 6.10 Å². The summed E-state index contributed by atoms with van der Waals surface area (Å²) in [7, 11) is 1.61. The van der Waals surface area contributed by atoms with Crippen LogP contribution in [0.15, 0.2) is 0 Å². The van der Waals surface area contributed by atoms with Gasteiger partial charge in [0.25, 0.3) is 0 Å². The lowest BCUT2D eigenvalue weighted by Crippen LogP contribution is -2.40. The van der Waals surface area contributed by atoms with Crippen molar-refractivity contribution in [1.82, 2.24) is 5.32 Å². The number of hydrogen-bond acceptors (Lipinski definition) is 4. The molecule has 0 saturated heterocycles. The first-order chi connectivity index (χ1) is 6.77. The number of nitrogens with one attached hydrogen (secondary N) is 1. The minimum absolute atomic E-state index is 0.372. The van der Waals surface area contributed by atoms with Crippen molar-refractivity contribution in [3.8, 4) is 0 Å². The maximum Gasteiger partial charge on any atom is 0.0897 e. The Morgan fingerprint density at radius 1 is 1.57 bits per heavy atom. The van der Waals surface area contributed by atoms with E-state index in [1.165, 1.54) is 19.3 Å². The zero-order valence-electron chi connectivity index (χ0n) is 9.03. The number of thioether (sulfide) groups is 1. The molecule has 0 aromatic rings. The number of aliphatic hydroxyl groups is 1. The topological polar surface area (TPSA) is 41.5 Å². The second-order valence-corrected chi connectivity index (χ2v) is 4.91. The predicted molar refractivity (Wildman–Crippen MR) is 60.8 cm³/mol. The summed E-state index contributed by atoms with van der Waals surface area (Å²) in [5, 5.41) is 13.6. The minimum atomic E-state index is -0.372. The molecule has 0 heterocycles. The van der Waals surface area contributed by atoms with Crippen LogP contribution in [-0.2, 0) is 4.74 Å². The van der Waals surface area contributed by atoms with Crippen molar-refractivity contribution in [2.24, 2.45) is 0 Å². The van der Waals surface area contributed by atoms with E-state index < -0.39 is 0 Å². The van der Waals surface area contributed by atoms with Gasteiger partial charge in [-0.25, -0.2) is 0 Å². The molecule has 0 amide bonds. The standard InChI is InChI=1S/C10H21NO2S/c1-13-7-8(12)6-11-9-4-3-5-10(9)14-2/h8-12H,3-7H2,1-2H3. The predicted octanol–water partition coefficient (Wildman–Crippen LogP) is 0.867. The summed E-state index contributed by atoms with van der Waals surface area (Å²) in [6.45, 7) is 1.07. The highest BCUT2D eigenvalue weighted by Gasteiger charge is 2.26. The number of methoxy groups -OCH3 is 1. The van der Waals surface area contributed by atoms with Gasteiger partial charge in [-0.2, -0.15) is 11.8 Å². The Morgan fingerprint density at radius 2 is 2.36 bits per heavy atom. The molecule has 3 unspecified atom stereocenters. The first kappa shape index (κ1) is 12.3. The van der Waals surface area contributed by atoms with Gasteiger partial charge in [-0.15, -0.1) is 0 Å². The van der Waals surface area contributed by atoms with E-state index in [2.05, 4.69) is 11.6 Å². The van der Waals surface area contributed by atoms with Crippen LogP contribution < -0.4 is 5.32 Å². The van der Waals surface area contributed by atoms with E-state index in [1.54, 1.807) is 7.11 Å². The molecule has 14 heavy (non-hydrogen) atoms.